The number of ether oxygens (including phenoxy) is 1. The zero-order chi connectivity index (χ0) is 18.6. The second-order valence-corrected chi connectivity index (χ2v) is 7.68. The van der Waals surface area contributed by atoms with Crippen molar-refractivity contribution >= 4 is 17.6 Å². The number of likely N-dealkylation sites (tertiary alicyclic amines) is 2. The van der Waals surface area contributed by atoms with Crippen molar-refractivity contribution in [2.24, 2.45) is 5.92 Å². The summed E-state index contributed by atoms with van der Waals surface area (Å²) >= 11 is 0. The minimum atomic E-state index is 0.0618. The van der Waals surface area contributed by atoms with Gasteiger partial charge in [-0.3, -0.25) is 9.59 Å². The molecule has 0 saturated carbocycles. The van der Waals surface area contributed by atoms with Crippen molar-refractivity contribution in [1.29, 1.82) is 0 Å². The first-order chi connectivity index (χ1) is 13.2. The number of amides is 2. The molecule has 1 aromatic heterocycles. The van der Waals surface area contributed by atoms with E-state index in [9.17, 15) is 9.59 Å². The van der Waals surface area contributed by atoms with Crippen LogP contribution in [-0.4, -0.2) is 79.1 Å². The summed E-state index contributed by atoms with van der Waals surface area (Å²) in [6.45, 7) is 6.41. The van der Waals surface area contributed by atoms with E-state index in [4.69, 9.17) is 4.74 Å². The van der Waals surface area contributed by atoms with E-state index < -0.39 is 0 Å². The lowest BCUT2D eigenvalue weighted by molar-refractivity contribution is -0.128. The van der Waals surface area contributed by atoms with Crippen LogP contribution in [0, 0.1) is 5.92 Å². The van der Waals surface area contributed by atoms with Crippen molar-refractivity contribution < 1.29 is 14.3 Å². The average Bonchev–Trinajstić information content (AvgIpc) is 3.13. The second-order valence-electron chi connectivity index (χ2n) is 7.68. The number of hydrogen-bond acceptors (Lipinski definition) is 5. The van der Waals surface area contributed by atoms with Crippen LogP contribution < -0.4 is 4.90 Å². The monoisotopic (exact) mass is 372 g/mol. The van der Waals surface area contributed by atoms with Gasteiger partial charge in [0, 0.05) is 51.9 Å². The molecular formula is C20H28N4O3. The molecule has 3 fully saturated rings. The van der Waals surface area contributed by atoms with E-state index in [1.807, 2.05) is 21.9 Å². The summed E-state index contributed by atoms with van der Waals surface area (Å²) in [5.41, 5.74) is 0.653. The summed E-state index contributed by atoms with van der Waals surface area (Å²) in [4.78, 5) is 35.2. The normalized spacial score (nSPS) is 21.8. The lowest BCUT2D eigenvalue weighted by atomic mass is 9.96. The Hall–Kier alpha value is -2.15. The highest BCUT2D eigenvalue weighted by Gasteiger charge is 2.28. The van der Waals surface area contributed by atoms with Crippen LogP contribution in [0.25, 0.3) is 0 Å². The van der Waals surface area contributed by atoms with Crippen LogP contribution in [0.2, 0.25) is 0 Å². The molecule has 27 heavy (non-hydrogen) atoms. The Morgan fingerprint density at radius 3 is 2.52 bits per heavy atom. The Morgan fingerprint density at radius 2 is 1.89 bits per heavy atom. The van der Waals surface area contributed by atoms with Crippen molar-refractivity contribution in [3.63, 3.8) is 0 Å². The number of anilines is 1. The minimum Gasteiger partial charge on any atom is -0.378 e. The minimum absolute atomic E-state index is 0.0618. The number of carbonyl (C=O) groups is 2. The number of nitrogens with zero attached hydrogens (tertiary/aromatic N) is 4. The third-order valence-electron chi connectivity index (χ3n) is 5.88. The average molecular weight is 372 g/mol. The summed E-state index contributed by atoms with van der Waals surface area (Å²) in [5, 5.41) is 0. The topological polar surface area (TPSA) is 66.0 Å². The second kappa shape index (κ2) is 8.25. The molecule has 0 unspecified atom stereocenters. The molecule has 0 aromatic carbocycles. The Kier molecular flexibility index (Phi) is 5.57. The van der Waals surface area contributed by atoms with Crippen molar-refractivity contribution in [2.45, 2.75) is 25.7 Å². The fraction of sp³-hybridized carbons (Fsp3) is 0.650. The van der Waals surface area contributed by atoms with E-state index in [-0.39, 0.29) is 5.91 Å². The Bertz CT molecular complexity index is 664. The van der Waals surface area contributed by atoms with Gasteiger partial charge in [-0.05, 0) is 37.3 Å². The molecule has 0 N–H and O–H groups in total. The van der Waals surface area contributed by atoms with Gasteiger partial charge < -0.3 is 19.4 Å². The van der Waals surface area contributed by atoms with Gasteiger partial charge in [0.05, 0.1) is 18.8 Å². The Labute approximate surface area is 160 Å². The Balaban J connectivity index is 1.29. The summed E-state index contributed by atoms with van der Waals surface area (Å²) < 4.78 is 5.37. The largest absolute Gasteiger partial charge is 0.378 e. The smallest absolute Gasteiger partial charge is 0.255 e. The van der Waals surface area contributed by atoms with E-state index in [1.165, 1.54) is 0 Å². The number of hydrogen-bond donors (Lipinski definition) is 0. The van der Waals surface area contributed by atoms with Crippen molar-refractivity contribution in [1.82, 2.24) is 14.8 Å². The van der Waals surface area contributed by atoms with Crippen LogP contribution in [0.3, 0.4) is 0 Å². The highest BCUT2D eigenvalue weighted by molar-refractivity contribution is 5.94. The van der Waals surface area contributed by atoms with E-state index in [0.717, 1.165) is 77.6 Å². The zero-order valence-corrected chi connectivity index (χ0v) is 15.8. The number of piperidine rings is 1. The van der Waals surface area contributed by atoms with E-state index in [1.54, 1.807) is 6.20 Å². The first-order valence-electron chi connectivity index (χ1n) is 10.1. The molecule has 3 aliphatic rings. The summed E-state index contributed by atoms with van der Waals surface area (Å²) in [6, 6.07) is 3.82. The number of morpholine rings is 1. The first kappa shape index (κ1) is 18.2. The first-order valence-corrected chi connectivity index (χ1v) is 10.1. The van der Waals surface area contributed by atoms with E-state index in [2.05, 4.69) is 9.88 Å². The quantitative estimate of drug-likeness (QED) is 0.799. The Morgan fingerprint density at radius 1 is 1.11 bits per heavy atom. The fourth-order valence-electron chi connectivity index (χ4n) is 4.20. The fourth-order valence-corrected chi connectivity index (χ4v) is 4.20. The lowest BCUT2D eigenvalue weighted by Gasteiger charge is -2.34. The maximum absolute atomic E-state index is 12.8. The van der Waals surface area contributed by atoms with Gasteiger partial charge in [0.1, 0.15) is 5.82 Å². The maximum atomic E-state index is 12.8. The van der Waals surface area contributed by atoms with Crippen LogP contribution in [0.15, 0.2) is 18.3 Å². The molecule has 1 aromatic rings. The molecular weight excluding hydrogens is 344 g/mol. The molecule has 0 radical (unpaired) electrons. The van der Waals surface area contributed by atoms with Crippen LogP contribution in [0.4, 0.5) is 5.82 Å². The van der Waals surface area contributed by atoms with Gasteiger partial charge in [-0.15, -0.1) is 0 Å². The summed E-state index contributed by atoms with van der Waals surface area (Å²) in [7, 11) is 0. The highest BCUT2D eigenvalue weighted by Crippen LogP contribution is 2.23. The molecule has 0 aliphatic carbocycles. The highest BCUT2D eigenvalue weighted by atomic mass is 16.5. The number of rotatable bonds is 4. The van der Waals surface area contributed by atoms with Crippen LogP contribution in [0.5, 0.6) is 0 Å². The van der Waals surface area contributed by atoms with Crippen molar-refractivity contribution in [3.05, 3.63) is 23.9 Å². The van der Waals surface area contributed by atoms with Gasteiger partial charge in [0.25, 0.3) is 5.91 Å². The van der Waals surface area contributed by atoms with E-state index >= 15 is 0 Å². The SMILES string of the molecule is O=C1CCCN1CC1CCN(C(=O)c2ccc(N3CCOCC3)nc2)CC1. The third kappa shape index (κ3) is 4.24. The third-order valence-corrected chi connectivity index (χ3v) is 5.88. The predicted octanol–water partition coefficient (Wildman–Crippen LogP) is 1.39. The van der Waals surface area contributed by atoms with E-state index in [0.29, 0.717) is 23.8 Å². The lowest BCUT2D eigenvalue weighted by Crippen LogP contribution is -2.42. The van der Waals surface area contributed by atoms with Gasteiger partial charge in [-0.1, -0.05) is 0 Å². The van der Waals surface area contributed by atoms with Crippen LogP contribution in [-0.2, 0) is 9.53 Å². The van der Waals surface area contributed by atoms with Gasteiger partial charge >= 0.3 is 0 Å². The molecule has 0 bridgehead atoms. The van der Waals surface area contributed by atoms with Crippen molar-refractivity contribution in [2.75, 3.05) is 57.4 Å². The molecule has 4 heterocycles. The van der Waals surface area contributed by atoms with Gasteiger partial charge in [-0.2, -0.15) is 0 Å². The molecule has 2 amide bonds. The molecule has 4 rings (SSSR count). The van der Waals surface area contributed by atoms with Crippen molar-refractivity contribution in [3.8, 4) is 0 Å². The predicted molar refractivity (Wildman–Crippen MR) is 102 cm³/mol. The van der Waals surface area contributed by atoms with Gasteiger partial charge in [-0.25, -0.2) is 4.98 Å². The molecule has 0 spiro atoms. The van der Waals surface area contributed by atoms with Crippen LogP contribution >= 0.6 is 0 Å². The standard InChI is InChI=1S/C20H28N4O3/c25-19-2-1-7-24(19)15-16-5-8-23(9-6-16)20(26)17-3-4-18(21-14-17)22-10-12-27-13-11-22/h3-4,14,16H,1-2,5-13,15H2. The van der Waals surface area contributed by atoms with Crippen LogP contribution in [0.1, 0.15) is 36.0 Å². The number of carbonyl (C=O) groups excluding carboxylic acids is 2. The number of pyridine rings is 1. The summed E-state index contributed by atoms with van der Waals surface area (Å²) in [5.74, 6) is 1.77. The molecule has 7 nitrogen and oxygen atoms in total. The number of aromatic nitrogens is 1. The van der Waals surface area contributed by atoms with Gasteiger partial charge in [0.2, 0.25) is 5.91 Å². The maximum Gasteiger partial charge on any atom is 0.255 e. The molecule has 0 atom stereocenters. The molecule has 3 saturated heterocycles. The molecule has 7 heteroatoms. The molecule has 3 aliphatic heterocycles. The summed E-state index contributed by atoms with van der Waals surface area (Å²) in [6.07, 6.45) is 5.32. The van der Waals surface area contributed by atoms with Gasteiger partial charge in [0.15, 0.2) is 0 Å². The molecule has 146 valence electrons. The zero-order valence-electron chi connectivity index (χ0n) is 15.8.